The first-order valence-corrected chi connectivity index (χ1v) is 18.0. The van der Waals surface area contributed by atoms with Crippen molar-refractivity contribution < 1.29 is 24.2 Å². The van der Waals surface area contributed by atoms with E-state index in [0.29, 0.717) is 62.5 Å². The van der Waals surface area contributed by atoms with Gasteiger partial charge in [0.1, 0.15) is 0 Å². The fourth-order valence-electron chi connectivity index (χ4n) is 13.0. The maximum Gasteiger partial charge on any atom is 0.306 e. The van der Waals surface area contributed by atoms with Crippen LogP contribution in [0.5, 0.6) is 0 Å². The topological polar surface area (TPSA) is 76.1 Å². The van der Waals surface area contributed by atoms with Gasteiger partial charge in [-0.1, -0.05) is 46.8 Å². The highest BCUT2D eigenvalue weighted by molar-refractivity contribution is 5.81. The number of nitrogens with zero attached hydrogens (tertiary/aromatic N) is 1. The van der Waals surface area contributed by atoms with E-state index in [-0.39, 0.29) is 57.9 Å². The Morgan fingerprint density at radius 1 is 0.864 bits per heavy atom. The molecular formula is C38H61NO5. The lowest BCUT2D eigenvalue weighted by atomic mass is 9.32. The molecule has 6 fully saturated rings. The molecule has 5 aliphatic carbocycles. The number of amides is 1. The highest BCUT2D eigenvalue weighted by Crippen LogP contribution is 2.77. The molecule has 0 radical (unpaired) electrons. The number of fused-ring (bicyclic) bond motifs is 7. The van der Waals surface area contributed by atoms with E-state index in [9.17, 15) is 14.7 Å². The van der Waals surface area contributed by atoms with E-state index in [4.69, 9.17) is 9.47 Å². The summed E-state index contributed by atoms with van der Waals surface area (Å²) in [6.45, 7) is 22.2. The van der Waals surface area contributed by atoms with Gasteiger partial charge in [-0.3, -0.25) is 9.59 Å². The zero-order chi connectivity index (χ0) is 31.7. The molecule has 0 aromatic heterocycles. The van der Waals surface area contributed by atoms with Crippen LogP contribution in [0.4, 0.5) is 0 Å². The van der Waals surface area contributed by atoms with Gasteiger partial charge in [-0.2, -0.15) is 0 Å². The molecule has 1 saturated heterocycles. The zero-order valence-corrected chi connectivity index (χ0v) is 28.7. The number of aliphatic hydroxyl groups excluding tert-OH is 1. The number of morpholine rings is 1. The Kier molecular flexibility index (Phi) is 8.42. The van der Waals surface area contributed by atoms with Crippen LogP contribution in [0.2, 0.25) is 0 Å². The second kappa shape index (κ2) is 11.4. The van der Waals surface area contributed by atoms with Crippen LogP contribution >= 0.6 is 0 Å². The van der Waals surface area contributed by atoms with E-state index >= 15 is 0 Å². The van der Waals surface area contributed by atoms with Gasteiger partial charge in [-0.15, -0.1) is 0 Å². The number of ether oxygens (including phenoxy) is 2. The van der Waals surface area contributed by atoms with Crippen molar-refractivity contribution >= 4 is 11.9 Å². The third kappa shape index (κ3) is 4.85. The summed E-state index contributed by atoms with van der Waals surface area (Å²) < 4.78 is 11.5. The maximum atomic E-state index is 13.1. The van der Waals surface area contributed by atoms with Crippen molar-refractivity contribution in [3.8, 4) is 0 Å². The van der Waals surface area contributed by atoms with Crippen molar-refractivity contribution in [2.45, 2.75) is 125 Å². The van der Waals surface area contributed by atoms with Crippen LogP contribution in [0.25, 0.3) is 0 Å². The highest BCUT2D eigenvalue weighted by Gasteiger charge is 2.71. The Labute approximate surface area is 267 Å². The van der Waals surface area contributed by atoms with E-state index in [0.717, 1.165) is 32.1 Å². The van der Waals surface area contributed by atoms with Gasteiger partial charge in [-0.25, -0.2) is 0 Å². The second-order valence-corrected chi connectivity index (χ2v) is 17.6. The Morgan fingerprint density at radius 2 is 1.59 bits per heavy atom. The Hall–Kier alpha value is -1.40. The third-order valence-corrected chi connectivity index (χ3v) is 15.6. The maximum absolute atomic E-state index is 13.1. The molecular weight excluding hydrogens is 550 g/mol. The van der Waals surface area contributed by atoms with E-state index < -0.39 is 0 Å². The molecule has 5 saturated carbocycles. The van der Waals surface area contributed by atoms with Gasteiger partial charge in [0.15, 0.2) is 0 Å². The number of hydrogen-bond acceptors (Lipinski definition) is 5. The predicted molar refractivity (Wildman–Crippen MR) is 173 cm³/mol. The molecule has 1 aliphatic heterocycles. The summed E-state index contributed by atoms with van der Waals surface area (Å²) in [5, 5.41) is 11.0. The van der Waals surface area contributed by atoms with Crippen molar-refractivity contribution in [3.05, 3.63) is 12.2 Å². The fourth-order valence-corrected chi connectivity index (χ4v) is 13.0. The number of hydrogen-bond donors (Lipinski definition) is 1. The van der Waals surface area contributed by atoms with Crippen LogP contribution in [-0.2, 0) is 19.1 Å². The van der Waals surface area contributed by atoms with Gasteiger partial charge < -0.3 is 19.5 Å². The molecule has 1 amide bonds. The largest absolute Gasteiger partial charge is 0.465 e. The number of esters is 1. The first-order valence-electron chi connectivity index (χ1n) is 18.0. The quantitative estimate of drug-likeness (QED) is 0.254. The number of aliphatic hydroxyl groups is 1. The normalized spacial score (nSPS) is 46.2. The van der Waals surface area contributed by atoms with Crippen molar-refractivity contribution in [2.24, 2.45) is 56.7 Å². The second-order valence-electron chi connectivity index (χ2n) is 17.6. The molecule has 6 aliphatic rings. The molecule has 44 heavy (non-hydrogen) atoms. The lowest BCUT2D eigenvalue weighted by molar-refractivity contribution is -0.250. The summed E-state index contributed by atoms with van der Waals surface area (Å²) >= 11 is 0. The van der Waals surface area contributed by atoms with Crippen LogP contribution in [0, 0.1) is 56.7 Å². The minimum atomic E-state index is -0.226. The van der Waals surface area contributed by atoms with Gasteiger partial charge >= 0.3 is 5.97 Å². The molecule has 6 nitrogen and oxygen atoms in total. The molecule has 0 unspecified atom stereocenters. The third-order valence-electron chi connectivity index (χ3n) is 15.6. The average Bonchev–Trinajstić information content (AvgIpc) is 3.38. The number of carbonyl (C=O) groups excluding carboxylic acids is 2. The van der Waals surface area contributed by atoms with Crippen LogP contribution in [-0.4, -0.2) is 60.9 Å². The summed E-state index contributed by atoms with van der Waals surface area (Å²) in [6.07, 6.45) is 11.8. The molecule has 0 aromatic carbocycles. The van der Waals surface area contributed by atoms with Crippen molar-refractivity contribution in [1.29, 1.82) is 0 Å². The minimum Gasteiger partial charge on any atom is -0.465 e. The predicted octanol–water partition coefficient (Wildman–Crippen LogP) is 7.19. The highest BCUT2D eigenvalue weighted by atomic mass is 16.5. The Morgan fingerprint density at radius 3 is 2.30 bits per heavy atom. The Balaban J connectivity index is 1.20. The average molecular weight is 612 g/mol. The number of rotatable bonds is 6. The number of allylic oxidation sites excluding steroid dienone is 1. The minimum absolute atomic E-state index is 0.0128. The summed E-state index contributed by atoms with van der Waals surface area (Å²) in [5.41, 5.74) is 2.07. The molecule has 248 valence electrons. The van der Waals surface area contributed by atoms with Crippen molar-refractivity contribution in [1.82, 2.24) is 4.90 Å². The molecule has 6 rings (SSSR count). The van der Waals surface area contributed by atoms with E-state index in [1.54, 1.807) is 0 Å². The fraction of sp³-hybridized carbons (Fsp3) is 0.895. The van der Waals surface area contributed by atoms with E-state index in [1.165, 1.54) is 37.7 Å². The van der Waals surface area contributed by atoms with Crippen molar-refractivity contribution in [3.63, 3.8) is 0 Å². The molecule has 10 atom stereocenters. The Bertz CT molecular complexity index is 1140. The van der Waals surface area contributed by atoms with Crippen molar-refractivity contribution in [2.75, 3.05) is 32.9 Å². The van der Waals surface area contributed by atoms with Gasteiger partial charge in [0.05, 0.1) is 32.3 Å². The summed E-state index contributed by atoms with van der Waals surface area (Å²) in [7, 11) is 0. The zero-order valence-electron chi connectivity index (χ0n) is 28.7. The van der Waals surface area contributed by atoms with Gasteiger partial charge in [0, 0.05) is 24.9 Å². The molecule has 1 heterocycles. The molecule has 1 N–H and O–H groups in total. The first kappa shape index (κ1) is 32.5. The molecule has 6 heteroatoms. The van der Waals surface area contributed by atoms with Gasteiger partial charge in [-0.05, 0) is 122 Å². The van der Waals surface area contributed by atoms with Crippen LogP contribution in [0.3, 0.4) is 0 Å². The molecule has 0 spiro atoms. The lowest BCUT2D eigenvalue weighted by Gasteiger charge is -2.73. The van der Waals surface area contributed by atoms with E-state index in [2.05, 4.69) is 48.1 Å². The van der Waals surface area contributed by atoms with E-state index in [1.807, 2.05) is 4.90 Å². The van der Waals surface area contributed by atoms with Crippen LogP contribution in [0.1, 0.15) is 119 Å². The lowest BCUT2D eigenvalue weighted by Crippen LogP contribution is -2.66. The molecule has 0 aromatic rings. The van der Waals surface area contributed by atoms with Crippen LogP contribution in [0.15, 0.2) is 12.2 Å². The molecule has 0 bridgehead atoms. The standard InChI is InChI=1S/C38H61NO5/c1-25(2)26-12-17-38(24-44-32(42)11-10-31(41)39-20-22-43-23-21-39)19-18-36(6)27(33(26)38)8-9-29-35(5)15-14-30(40)34(3,4)28(35)13-16-37(29,36)7/h26-30,33,40H,1,8-24H2,2-7H3/t26-,27+,28-,29+,30-,33+,35-,36+,37+,38+/m0/s1. The van der Waals surface area contributed by atoms with Gasteiger partial charge in [0.2, 0.25) is 5.91 Å². The summed E-state index contributed by atoms with van der Waals surface area (Å²) in [6, 6.07) is 0. The monoisotopic (exact) mass is 611 g/mol. The smallest absolute Gasteiger partial charge is 0.306 e. The van der Waals surface area contributed by atoms with Gasteiger partial charge in [0.25, 0.3) is 0 Å². The summed E-state index contributed by atoms with van der Waals surface area (Å²) in [4.78, 5) is 27.5. The SMILES string of the molecule is C=C(C)[C@@H]1CC[C@]2(COC(=O)CCC(=O)N3CCOCC3)CC[C@]3(C)[C@H](CC[C@@H]4[C@@]5(C)CC[C@H](O)C(C)(C)[C@@H]5CC[C@]43C)[C@@H]12. The van der Waals surface area contributed by atoms with Crippen LogP contribution < -0.4 is 0 Å². The first-order chi connectivity index (χ1) is 20.7. The number of carbonyl (C=O) groups is 2. The summed E-state index contributed by atoms with van der Waals surface area (Å²) in [5.74, 6) is 2.64.